The Morgan fingerprint density at radius 2 is 1.97 bits per heavy atom. The third-order valence-electron chi connectivity index (χ3n) is 6.31. The number of rotatable bonds is 5. The van der Waals surface area contributed by atoms with E-state index in [1.54, 1.807) is 16.7 Å². The van der Waals surface area contributed by atoms with E-state index in [1.807, 2.05) is 45.4 Å². The van der Waals surface area contributed by atoms with E-state index in [9.17, 15) is 9.59 Å². The molecule has 0 bridgehead atoms. The van der Waals surface area contributed by atoms with Crippen molar-refractivity contribution in [1.82, 2.24) is 10.2 Å². The van der Waals surface area contributed by atoms with Crippen molar-refractivity contribution in [1.29, 1.82) is 0 Å². The molecule has 5 atom stereocenters. The molecule has 0 saturated carbocycles. The topological polar surface area (TPSA) is 87.8 Å². The first-order valence-corrected chi connectivity index (χ1v) is 11.6. The molecule has 3 rings (SSSR count). The van der Waals surface area contributed by atoms with Crippen LogP contribution in [0.2, 0.25) is 0 Å². The molecule has 1 aromatic carbocycles. The highest BCUT2D eigenvalue weighted by Crippen LogP contribution is 2.36. The van der Waals surface area contributed by atoms with Gasteiger partial charge in [-0.3, -0.25) is 14.6 Å². The van der Waals surface area contributed by atoms with Crippen LogP contribution in [0.15, 0.2) is 29.3 Å². The number of nitrogens with two attached hydrogens (primary N) is 1. The van der Waals surface area contributed by atoms with Crippen molar-refractivity contribution in [3.05, 3.63) is 35.4 Å². The van der Waals surface area contributed by atoms with E-state index in [2.05, 4.69) is 29.4 Å². The van der Waals surface area contributed by atoms with Crippen molar-refractivity contribution >= 4 is 29.1 Å². The van der Waals surface area contributed by atoms with Crippen LogP contribution in [0.25, 0.3) is 0 Å². The molecule has 0 aromatic heterocycles. The number of carbonyl (C=O) groups excluding carboxylic acids is 2. The summed E-state index contributed by atoms with van der Waals surface area (Å²) in [6.07, 6.45) is 0.504. The number of amides is 2. The Morgan fingerprint density at radius 3 is 2.53 bits per heavy atom. The lowest BCUT2D eigenvalue weighted by Gasteiger charge is -2.32. The molecule has 0 aliphatic carbocycles. The quantitative estimate of drug-likeness (QED) is 0.751. The zero-order chi connectivity index (χ0) is 22.1. The number of hydrogen-bond acceptors (Lipinski definition) is 5. The van der Waals surface area contributed by atoms with Crippen LogP contribution in [0, 0.1) is 11.3 Å². The second-order valence-corrected chi connectivity index (χ2v) is 10.6. The highest BCUT2D eigenvalue weighted by atomic mass is 32.2. The maximum atomic E-state index is 13.0. The van der Waals surface area contributed by atoms with Gasteiger partial charge >= 0.3 is 0 Å². The van der Waals surface area contributed by atoms with Crippen LogP contribution in [-0.2, 0) is 16.1 Å². The third kappa shape index (κ3) is 5.06. The number of likely N-dealkylation sites (tertiary alicyclic amines) is 1. The first-order chi connectivity index (χ1) is 14.1. The third-order valence-corrected chi connectivity index (χ3v) is 7.51. The Hall–Kier alpha value is -1.86. The number of carbonyl (C=O) groups is 2. The van der Waals surface area contributed by atoms with Crippen molar-refractivity contribution in [3.8, 4) is 0 Å². The highest BCUT2D eigenvalue weighted by Gasteiger charge is 2.41. The molecule has 2 aliphatic rings. The molecule has 7 heteroatoms. The van der Waals surface area contributed by atoms with Gasteiger partial charge in [0.2, 0.25) is 11.8 Å². The fourth-order valence-electron chi connectivity index (χ4n) is 3.86. The molecule has 1 fully saturated rings. The lowest BCUT2D eigenvalue weighted by Crippen LogP contribution is -2.49. The van der Waals surface area contributed by atoms with Crippen LogP contribution in [0.1, 0.15) is 57.4 Å². The van der Waals surface area contributed by atoms with Crippen molar-refractivity contribution in [3.63, 3.8) is 0 Å². The largest absolute Gasteiger partial charge is 0.350 e. The van der Waals surface area contributed by atoms with Gasteiger partial charge in [-0.1, -0.05) is 52.0 Å². The molecule has 4 unspecified atom stereocenters. The van der Waals surface area contributed by atoms with E-state index in [4.69, 9.17) is 5.73 Å². The molecule has 2 aliphatic heterocycles. The predicted octanol–water partition coefficient (Wildman–Crippen LogP) is 3.12. The number of nitrogens with zero attached hydrogens (tertiary/aromatic N) is 2. The summed E-state index contributed by atoms with van der Waals surface area (Å²) >= 11 is 1.74. The Morgan fingerprint density at radius 1 is 1.30 bits per heavy atom. The minimum atomic E-state index is -0.496. The van der Waals surface area contributed by atoms with Crippen molar-refractivity contribution in [2.45, 2.75) is 71.0 Å². The second-order valence-electron chi connectivity index (χ2n) is 9.60. The Balaban J connectivity index is 1.60. The van der Waals surface area contributed by atoms with Gasteiger partial charge in [-0.05, 0) is 29.9 Å². The lowest BCUT2D eigenvalue weighted by atomic mass is 9.81. The first-order valence-electron chi connectivity index (χ1n) is 10.7. The van der Waals surface area contributed by atoms with Crippen molar-refractivity contribution < 1.29 is 9.59 Å². The second kappa shape index (κ2) is 9.10. The fourth-order valence-corrected chi connectivity index (χ4v) is 4.86. The van der Waals surface area contributed by atoms with Crippen molar-refractivity contribution in [2.75, 3.05) is 6.54 Å². The number of thioether (sulfide) groups is 1. The Bertz CT molecular complexity index is 802. The SMILES string of the molecule is CC1N=CSC1c1ccc(CNC(=O)C2C[C@@H](N)CN2C(=O)C(C)C(C)(C)C)cc1. The van der Waals surface area contributed by atoms with E-state index < -0.39 is 6.04 Å². The molecule has 3 N–H and O–H groups in total. The maximum Gasteiger partial charge on any atom is 0.243 e. The van der Waals surface area contributed by atoms with Crippen LogP contribution in [0.5, 0.6) is 0 Å². The van der Waals surface area contributed by atoms with Crippen LogP contribution in [0.4, 0.5) is 0 Å². The summed E-state index contributed by atoms with van der Waals surface area (Å²) in [6, 6.07) is 7.94. The summed E-state index contributed by atoms with van der Waals surface area (Å²) in [5, 5.41) is 3.36. The smallest absolute Gasteiger partial charge is 0.243 e. The summed E-state index contributed by atoms with van der Waals surface area (Å²) in [7, 11) is 0. The van der Waals surface area contributed by atoms with Crippen LogP contribution < -0.4 is 11.1 Å². The molecule has 1 aromatic rings. The monoisotopic (exact) mass is 430 g/mol. The van der Waals surface area contributed by atoms with Crippen molar-refractivity contribution in [2.24, 2.45) is 22.1 Å². The summed E-state index contributed by atoms with van der Waals surface area (Å²) in [4.78, 5) is 32.0. The molecule has 0 spiro atoms. The van der Waals surface area contributed by atoms with Gasteiger partial charge in [-0.15, -0.1) is 11.8 Å². The molecule has 164 valence electrons. The van der Waals surface area contributed by atoms with Gasteiger partial charge in [0.25, 0.3) is 0 Å². The molecule has 30 heavy (non-hydrogen) atoms. The number of benzene rings is 1. The molecule has 2 amide bonds. The van der Waals surface area contributed by atoms with Gasteiger partial charge in [0, 0.05) is 25.0 Å². The van der Waals surface area contributed by atoms with Gasteiger partial charge < -0.3 is 16.0 Å². The molecular weight excluding hydrogens is 396 g/mol. The van der Waals surface area contributed by atoms with Gasteiger partial charge in [0.1, 0.15) is 6.04 Å². The molecule has 2 heterocycles. The van der Waals surface area contributed by atoms with E-state index >= 15 is 0 Å². The van der Waals surface area contributed by atoms with Gasteiger partial charge in [0.15, 0.2) is 0 Å². The van der Waals surface area contributed by atoms with Crippen LogP contribution in [0.3, 0.4) is 0 Å². The number of hydrogen-bond donors (Lipinski definition) is 2. The van der Waals surface area contributed by atoms with Gasteiger partial charge in [0.05, 0.1) is 16.8 Å². The van der Waals surface area contributed by atoms with Crippen LogP contribution >= 0.6 is 11.8 Å². The normalized spacial score (nSPS) is 27.3. The zero-order valence-corrected chi connectivity index (χ0v) is 19.4. The number of aliphatic imine (C=N–C) groups is 1. The highest BCUT2D eigenvalue weighted by molar-refractivity contribution is 8.12. The minimum absolute atomic E-state index is 0.00496. The zero-order valence-electron chi connectivity index (χ0n) is 18.6. The minimum Gasteiger partial charge on any atom is -0.350 e. The van der Waals surface area contributed by atoms with Gasteiger partial charge in [-0.25, -0.2) is 0 Å². The number of nitrogens with one attached hydrogen (secondary N) is 1. The maximum absolute atomic E-state index is 13.0. The van der Waals surface area contributed by atoms with E-state index in [1.165, 1.54) is 5.56 Å². The summed E-state index contributed by atoms with van der Waals surface area (Å²) < 4.78 is 0. The van der Waals surface area contributed by atoms with Gasteiger partial charge in [-0.2, -0.15) is 0 Å². The van der Waals surface area contributed by atoms with Crippen LogP contribution in [-0.4, -0.2) is 46.9 Å². The molecular formula is C23H34N4O2S. The Kier molecular flexibility index (Phi) is 6.92. The lowest BCUT2D eigenvalue weighted by molar-refractivity contribution is -0.143. The Labute approximate surface area is 184 Å². The summed E-state index contributed by atoms with van der Waals surface area (Å²) in [5.74, 6) is -0.300. The average molecular weight is 431 g/mol. The standard InChI is InChI=1S/C23H34N4O2S/c1-14(23(3,4)5)22(29)27-12-18(24)10-19(27)21(28)25-11-16-6-8-17(9-7-16)20-15(2)26-13-30-20/h6-9,13-15,18-20H,10-12,24H2,1-5H3,(H,25,28)/t14?,15?,18-,19?,20?/m1/s1. The molecule has 0 radical (unpaired) electrons. The summed E-state index contributed by atoms with van der Waals surface area (Å²) in [6.45, 7) is 11.0. The fraction of sp³-hybridized carbons (Fsp3) is 0.609. The van der Waals surface area contributed by atoms with E-state index in [-0.39, 0.29) is 35.2 Å². The summed E-state index contributed by atoms with van der Waals surface area (Å²) in [5.41, 5.74) is 10.1. The first kappa shape index (κ1) is 22.8. The molecule has 6 nitrogen and oxygen atoms in total. The molecule has 1 saturated heterocycles. The average Bonchev–Trinajstić information content (AvgIpc) is 3.30. The predicted molar refractivity (Wildman–Crippen MR) is 123 cm³/mol. The van der Waals surface area contributed by atoms with E-state index in [0.717, 1.165) is 5.56 Å². The van der Waals surface area contributed by atoms with E-state index in [0.29, 0.717) is 24.8 Å².